The van der Waals surface area contributed by atoms with Gasteiger partial charge in [-0.15, -0.1) is 0 Å². The lowest BCUT2D eigenvalue weighted by atomic mass is 9.92. The minimum Gasteiger partial charge on any atom is -0.380 e. The molecule has 1 saturated heterocycles. The van der Waals surface area contributed by atoms with Gasteiger partial charge >= 0.3 is 0 Å². The number of ketones is 1. The normalized spacial score (nSPS) is 19.8. The first kappa shape index (κ1) is 13.2. The van der Waals surface area contributed by atoms with Crippen LogP contribution in [0.15, 0.2) is 22.7 Å². The number of benzene rings is 1. The van der Waals surface area contributed by atoms with Crippen molar-refractivity contribution in [1.29, 1.82) is 0 Å². The first-order chi connectivity index (χ1) is 8.58. The second kappa shape index (κ2) is 5.58. The fourth-order valence-electron chi connectivity index (χ4n) is 2.01. The Balaban J connectivity index is 2.22. The van der Waals surface area contributed by atoms with E-state index in [0.29, 0.717) is 36.1 Å². The van der Waals surface area contributed by atoms with Crippen LogP contribution in [0.3, 0.4) is 0 Å². The summed E-state index contributed by atoms with van der Waals surface area (Å²) in [7, 11) is 0. The van der Waals surface area contributed by atoms with Gasteiger partial charge in [0.1, 0.15) is 5.78 Å². The molecule has 1 fully saturated rings. The standard InChI is InChI=1S/C12H12BrNO4/c13-10-2-1-8(11(6-10)14(16)17)5-9-7-18-4-3-12(9)15/h1-2,6,9H,3-5,7H2. The van der Waals surface area contributed by atoms with E-state index in [9.17, 15) is 14.9 Å². The summed E-state index contributed by atoms with van der Waals surface area (Å²) in [4.78, 5) is 22.2. The van der Waals surface area contributed by atoms with Gasteiger partial charge in [-0.1, -0.05) is 22.0 Å². The summed E-state index contributed by atoms with van der Waals surface area (Å²) >= 11 is 3.21. The highest BCUT2D eigenvalue weighted by Crippen LogP contribution is 2.27. The summed E-state index contributed by atoms with van der Waals surface area (Å²) in [6, 6.07) is 4.89. The Morgan fingerprint density at radius 3 is 2.94 bits per heavy atom. The summed E-state index contributed by atoms with van der Waals surface area (Å²) in [5.74, 6) is -0.142. The van der Waals surface area contributed by atoms with Gasteiger partial charge in [-0.3, -0.25) is 14.9 Å². The molecule has 0 N–H and O–H groups in total. The van der Waals surface area contributed by atoms with Crippen molar-refractivity contribution in [2.75, 3.05) is 13.2 Å². The largest absolute Gasteiger partial charge is 0.380 e. The van der Waals surface area contributed by atoms with E-state index < -0.39 is 4.92 Å². The van der Waals surface area contributed by atoms with Gasteiger partial charge in [-0.05, 0) is 12.5 Å². The fourth-order valence-corrected chi connectivity index (χ4v) is 2.36. The summed E-state index contributed by atoms with van der Waals surface area (Å²) < 4.78 is 5.91. The lowest BCUT2D eigenvalue weighted by Gasteiger charge is -2.20. The second-order valence-electron chi connectivity index (χ2n) is 4.22. The molecule has 0 aliphatic carbocycles. The van der Waals surface area contributed by atoms with Gasteiger partial charge in [0.05, 0.1) is 18.1 Å². The van der Waals surface area contributed by atoms with Crippen LogP contribution in [-0.4, -0.2) is 23.9 Å². The monoisotopic (exact) mass is 313 g/mol. The highest BCUT2D eigenvalue weighted by Gasteiger charge is 2.26. The van der Waals surface area contributed by atoms with Crippen LogP contribution in [0.4, 0.5) is 5.69 Å². The number of carbonyl (C=O) groups is 1. The molecule has 0 amide bonds. The highest BCUT2D eigenvalue weighted by atomic mass is 79.9. The molecule has 1 aliphatic heterocycles. The Kier molecular flexibility index (Phi) is 4.08. The number of hydrogen-bond acceptors (Lipinski definition) is 4. The van der Waals surface area contributed by atoms with Crippen LogP contribution in [0.25, 0.3) is 0 Å². The molecule has 0 aromatic heterocycles. The Bertz CT molecular complexity index is 489. The SMILES string of the molecule is O=C1CCOCC1Cc1ccc(Br)cc1[N+](=O)[O-]. The van der Waals surface area contributed by atoms with E-state index in [1.54, 1.807) is 12.1 Å². The summed E-state index contributed by atoms with van der Waals surface area (Å²) in [6.07, 6.45) is 0.761. The van der Waals surface area contributed by atoms with Crippen molar-refractivity contribution >= 4 is 27.4 Å². The number of nitrogens with zero attached hydrogens (tertiary/aromatic N) is 1. The van der Waals surface area contributed by atoms with E-state index in [0.717, 1.165) is 0 Å². The number of halogens is 1. The molecule has 1 aromatic rings. The third-order valence-electron chi connectivity index (χ3n) is 2.98. The van der Waals surface area contributed by atoms with Crippen molar-refractivity contribution in [3.63, 3.8) is 0 Å². The maximum atomic E-state index is 11.7. The number of carbonyl (C=O) groups excluding carboxylic acids is 1. The van der Waals surface area contributed by atoms with Crippen molar-refractivity contribution < 1.29 is 14.5 Å². The molecule has 0 saturated carbocycles. The molecule has 0 spiro atoms. The predicted octanol–water partition coefficient (Wildman–Crippen LogP) is 2.51. The van der Waals surface area contributed by atoms with E-state index in [-0.39, 0.29) is 17.4 Å². The lowest BCUT2D eigenvalue weighted by molar-refractivity contribution is -0.385. The molecule has 1 heterocycles. The van der Waals surface area contributed by atoms with Crippen molar-refractivity contribution in [1.82, 2.24) is 0 Å². The molecule has 0 radical (unpaired) electrons. The van der Waals surface area contributed by atoms with Crippen LogP contribution in [0.1, 0.15) is 12.0 Å². The lowest BCUT2D eigenvalue weighted by Crippen LogP contribution is -2.29. The molecule has 18 heavy (non-hydrogen) atoms. The van der Waals surface area contributed by atoms with Crippen LogP contribution in [-0.2, 0) is 16.0 Å². The van der Waals surface area contributed by atoms with E-state index in [4.69, 9.17) is 4.74 Å². The minimum atomic E-state index is -0.422. The second-order valence-corrected chi connectivity index (χ2v) is 5.14. The van der Waals surface area contributed by atoms with E-state index in [1.807, 2.05) is 0 Å². The van der Waals surface area contributed by atoms with E-state index in [2.05, 4.69) is 15.9 Å². The quantitative estimate of drug-likeness (QED) is 0.635. The number of Topliss-reactive ketones (excluding diaryl/α,β-unsaturated/α-hetero) is 1. The zero-order valence-electron chi connectivity index (χ0n) is 9.60. The topological polar surface area (TPSA) is 69.4 Å². The van der Waals surface area contributed by atoms with Gasteiger partial charge in [-0.2, -0.15) is 0 Å². The van der Waals surface area contributed by atoms with Gasteiger partial charge in [0, 0.05) is 28.4 Å². The maximum absolute atomic E-state index is 11.7. The van der Waals surface area contributed by atoms with Crippen LogP contribution < -0.4 is 0 Å². The fraction of sp³-hybridized carbons (Fsp3) is 0.417. The van der Waals surface area contributed by atoms with Gasteiger partial charge in [0.2, 0.25) is 0 Å². The summed E-state index contributed by atoms with van der Waals surface area (Å²) in [6.45, 7) is 0.809. The molecule has 2 rings (SSSR count). The number of nitro groups is 1. The number of rotatable bonds is 3. The molecular weight excluding hydrogens is 302 g/mol. The maximum Gasteiger partial charge on any atom is 0.273 e. The van der Waals surface area contributed by atoms with Crippen molar-refractivity contribution in [2.24, 2.45) is 5.92 Å². The third kappa shape index (κ3) is 2.94. The van der Waals surface area contributed by atoms with E-state index >= 15 is 0 Å². The van der Waals surface area contributed by atoms with Gasteiger partial charge < -0.3 is 4.74 Å². The van der Waals surface area contributed by atoms with Crippen LogP contribution >= 0.6 is 15.9 Å². The van der Waals surface area contributed by atoms with E-state index in [1.165, 1.54) is 6.07 Å². The van der Waals surface area contributed by atoms with Crippen LogP contribution in [0, 0.1) is 16.0 Å². The molecule has 1 atom stereocenters. The number of nitro benzene ring substituents is 1. The Hall–Kier alpha value is -1.27. The zero-order valence-corrected chi connectivity index (χ0v) is 11.2. The minimum absolute atomic E-state index is 0.0442. The van der Waals surface area contributed by atoms with Gasteiger partial charge in [0.25, 0.3) is 5.69 Å². The predicted molar refractivity (Wildman–Crippen MR) is 68.4 cm³/mol. The molecule has 1 aliphatic rings. The Morgan fingerprint density at radius 1 is 1.50 bits per heavy atom. The first-order valence-corrected chi connectivity index (χ1v) is 6.40. The first-order valence-electron chi connectivity index (χ1n) is 5.61. The van der Waals surface area contributed by atoms with Crippen LogP contribution in [0.5, 0.6) is 0 Å². The zero-order chi connectivity index (χ0) is 13.1. The average Bonchev–Trinajstić information content (AvgIpc) is 2.34. The Morgan fingerprint density at radius 2 is 2.28 bits per heavy atom. The highest BCUT2D eigenvalue weighted by molar-refractivity contribution is 9.10. The Labute approximate surface area is 112 Å². The smallest absolute Gasteiger partial charge is 0.273 e. The summed E-state index contributed by atoms with van der Waals surface area (Å²) in [5, 5.41) is 11.0. The van der Waals surface area contributed by atoms with Gasteiger partial charge in [0.15, 0.2) is 0 Å². The molecule has 1 unspecified atom stereocenters. The average molecular weight is 314 g/mol. The third-order valence-corrected chi connectivity index (χ3v) is 3.47. The molecule has 5 nitrogen and oxygen atoms in total. The molecule has 1 aromatic carbocycles. The van der Waals surface area contributed by atoms with Crippen LogP contribution in [0.2, 0.25) is 0 Å². The summed E-state index contributed by atoms with van der Waals surface area (Å²) in [5.41, 5.74) is 0.620. The van der Waals surface area contributed by atoms with Gasteiger partial charge in [-0.25, -0.2) is 0 Å². The molecular formula is C12H12BrNO4. The molecule has 6 heteroatoms. The number of ether oxygens (including phenoxy) is 1. The van der Waals surface area contributed by atoms with Crippen molar-refractivity contribution in [3.8, 4) is 0 Å². The molecule has 0 bridgehead atoms. The van der Waals surface area contributed by atoms with Crippen molar-refractivity contribution in [3.05, 3.63) is 38.3 Å². The van der Waals surface area contributed by atoms with Crippen molar-refractivity contribution in [2.45, 2.75) is 12.8 Å². The number of hydrogen-bond donors (Lipinski definition) is 0. The molecule has 96 valence electrons.